The first-order valence-corrected chi connectivity index (χ1v) is 5.60. The normalized spacial score (nSPS) is 12.2. The van der Waals surface area contributed by atoms with E-state index in [0.29, 0.717) is 6.42 Å². The van der Waals surface area contributed by atoms with Crippen LogP contribution in [0.25, 0.3) is 0 Å². The molecule has 1 atom stereocenters. The van der Waals surface area contributed by atoms with Crippen LogP contribution in [0.4, 0.5) is 0 Å². The summed E-state index contributed by atoms with van der Waals surface area (Å²) in [5.41, 5.74) is 1.03. The summed E-state index contributed by atoms with van der Waals surface area (Å²) in [7, 11) is 1.81. The largest absolute Gasteiger partial charge is 0.508 e. The summed E-state index contributed by atoms with van der Waals surface area (Å²) in [4.78, 5) is 13.4. The van der Waals surface area contributed by atoms with Gasteiger partial charge in [0.25, 0.3) is 0 Å². The standard InChI is InChI=1S/C13H19NO2/c1-4-5-13(16)14(3)10(2)11-6-8-12(15)9-7-11/h6-10,15H,4-5H2,1-3H3. The molecule has 0 aliphatic carbocycles. The zero-order valence-electron chi connectivity index (χ0n) is 10.1. The first-order valence-electron chi connectivity index (χ1n) is 5.60. The Morgan fingerprint density at radius 3 is 2.44 bits per heavy atom. The molecular weight excluding hydrogens is 202 g/mol. The van der Waals surface area contributed by atoms with Crippen LogP contribution in [0.2, 0.25) is 0 Å². The molecule has 1 amide bonds. The van der Waals surface area contributed by atoms with Gasteiger partial charge in [0.2, 0.25) is 5.91 Å². The summed E-state index contributed by atoms with van der Waals surface area (Å²) in [6.45, 7) is 3.98. The van der Waals surface area contributed by atoms with Gasteiger partial charge in [-0.1, -0.05) is 19.1 Å². The fraction of sp³-hybridized carbons (Fsp3) is 0.462. The summed E-state index contributed by atoms with van der Waals surface area (Å²) < 4.78 is 0. The van der Waals surface area contributed by atoms with Gasteiger partial charge in [-0.05, 0) is 31.0 Å². The molecule has 88 valence electrons. The molecule has 1 aromatic rings. The van der Waals surface area contributed by atoms with Gasteiger partial charge in [-0.2, -0.15) is 0 Å². The van der Waals surface area contributed by atoms with Crippen LogP contribution in [-0.4, -0.2) is 23.0 Å². The second-order valence-corrected chi connectivity index (χ2v) is 4.02. The number of phenolic OH excluding ortho intramolecular Hbond substituents is 1. The minimum absolute atomic E-state index is 0.0413. The average Bonchev–Trinajstić information content (AvgIpc) is 2.28. The smallest absolute Gasteiger partial charge is 0.222 e. The molecule has 1 rings (SSSR count). The zero-order chi connectivity index (χ0) is 12.1. The van der Waals surface area contributed by atoms with Crippen molar-refractivity contribution >= 4 is 5.91 Å². The molecule has 0 spiro atoms. The lowest BCUT2D eigenvalue weighted by molar-refractivity contribution is -0.131. The van der Waals surface area contributed by atoms with E-state index in [2.05, 4.69) is 0 Å². The van der Waals surface area contributed by atoms with Gasteiger partial charge >= 0.3 is 0 Å². The van der Waals surface area contributed by atoms with Crippen LogP contribution in [0.15, 0.2) is 24.3 Å². The highest BCUT2D eigenvalue weighted by atomic mass is 16.3. The second-order valence-electron chi connectivity index (χ2n) is 4.02. The first-order chi connectivity index (χ1) is 7.56. The van der Waals surface area contributed by atoms with E-state index in [1.54, 1.807) is 17.0 Å². The van der Waals surface area contributed by atoms with Gasteiger partial charge in [0.05, 0.1) is 6.04 Å². The van der Waals surface area contributed by atoms with E-state index >= 15 is 0 Å². The van der Waals surface area contributed by atoms with Crippen molar-refractivity contribution < 1.29 is 9.90 Å². The highest BCUT2D eigenvalue weighted by Crippen LogP contribution is 2.21. The minimum atomic E-state index is 0.0413. The molecule has 0 bridgehead atoms. The number of amides is 1. The van der Waals surface area contributed by atoms with E-state index in [4.69, 9.17) is 0 Å². The van der Waals surface area contributed by atoms with Crippen molar-refractivity contribution in [3.8, 4) is 5.75 Å². The number of phenols is 1. The summed E-state index contributed by atoms with van der Waals surface area (Å²) in [5.74, 6) is 0.404. The number of benzene rings is 1. The Labute approximate surface area is 96.7 Å². The van der Waals surface area contributed by atoms with Crippen LogP contribution in [0.5, 0.6) is 5.75 Å². The predicted molar refractivity (Wildman–Crippen MR) is 64.2 cm³/mol. The molecule has 0 aromatic heterocycles. The molecule has 0 fully saturated rings. The second kappa shape index (κ2) is 5.54. The van der Waals surface area contributed by atoms with Crippen molar-refractivity contribution in [2.75, 3.05) is 7.05 Å². The highest BCUT2D eigenvalue weighted by Gasteiger charge is 2.16. The molecule has 3 heteroatoms. The Balaban J connectivity index is 2.73. The molecule has 0 heterocycles. The highest BCUT2D eigenvalue weighted by molar-refractivity contribution is 5.76. The molecule has 1 N–H and O–H groups in total. The third-order valence-electron chi connectivity index (χ3n) is 2.81. The van der Waals surface area contributed by atoms with Crippen molar-refractivity contribution in [1.82, 2.24) is 4.90 Å². The number of carbonyl (C=O) groups excluding carboxylic acids is 1. The lowest BCUT2D eigenvalue weighted by Gasteiger charge is -2.25. The maximum absolute atomic E-state index is 11.7. The van der Waals surface area contributed by atoms with Crippen LogP contribution >= 0.6 is 0 Å². The Bertz CT molecular complexity index is 345. The monoisotopic (exact) mass is 221 g/mol. The molecule has 0 saturated heterocycles. The summed E-state index contributed by atoms with van der Waals surface area (Å²) >= 11 is 0. The van der Waals surface area contributed by atoms with Crippen molar-refractivity contribution in [3.63, 3.8) is 0 Å². The SMILES string of the molecule is CCCC(=O)N(C)C(C)c1ccc(O)cc1. The number of rotatable bonds is 4. The maximum Gasteiger partial charge on any atom is 0.222 e. The number of hydrogen-bond donors (Lipinski definition) is 1. The molecule has 0 radical (unpaired) electrons. The Morgan fingerprint density at radius 1 is 1.38 bits per heavy atom. The minimum Gasteiger partial charge on any atom is -0.508 e. The van der Waals surface area contributed by atoms with Gasteiger partial charge in [0.1, 0.15) is 5.75 Å². The fourth-order valence-corrected chi connectivity index (χ4v) is 1.58. The number of aromatic hydroxyl groups is 1. The van der Waals surface area contributed by atoms with E-state index in [0.717, 1.165) is 12.0 Å². The van der Waals surface area contributed by atoms with Crippen LogP contribution in [0, 0.1) is 0 Å². The van der Waals surface area contributed by atoms with Crippen molar-refractivity contribution in [2.24, 2.45) is 0 Å². The molecule has 16 heavy (non-hydrogen) atoms. The molecule has 0 saturated carbocycles. The van der Waals surface area contributed by atoms with Gasteiger partial charge in [-0.3, -0.25) is 4.79 Å². The van der Waals surface area contributed by atoms with E-state index in [1.807, 2.05) is 33.0 Å². The van der Waals surface area contributed by atoms with Gasteiger partial charge in [0, 0.05) is 13.5 Å². The van der Waals surface area contributed by atoms with Gasteiger partial charge in [0.15, 0.2) is 0 Å². The Hall–Kier alpha value is -1.51. The Kier molecular flexibility index (Phi) is 4.35. The lowest BCUT2D eigenvalue weighted by Crippen LogP contribution is -2.29. The third kappa shape index (κ3) is 2.99. The molecule has 0 aliphatic heterocycles. The van der Waals surface area contributed by atoms with Crippen molar-refractivity contribution in [3.05, 3.63) is 29.8 Å². The number of carbonyl (C=O) groups is 1. The molecule has 3 nitrogen and oxygen atoms in total. The summed E-state index contributed by atoms with van der Waals surface area (Å²) in [6, 6.07) is 7.01. The summed E-state index contributed by atoms with van der Waals surface area (Å²) in [6.07, 6.45) is 1.45. The first kappa shape index (κ1) is 12.6. The molecule has 1 aromatic carbocycles. The maximum atomic E-state index is 11.7. The predicted octanol–water partition coefficient (Wildman–Crippen LogP) is 2.71. The van der Waals surface area contributed by atoms with Gasteiger partial charge in [-0.15, -0.1) is 0 Å². The topological polar surface area (TPSA) is 40.5 Å². The molecule has 1 unspecified atom stereocenters. The molecule has 0 aliphatic rings. The van der Waals surface area contributed by atoms with Crippen LogP contribution in [0.1, 0.15) is 38.3 Å². The van der Waals surface area contributed by atoms with Crippen LogP contribution in [-0.2, 0) is 4.79 Å². The zero-order valence-corrected chi connectivity index (χ0v) is 10.1. The van der Waals surface area contributed by atoms with E-state index in [1.165, 1.54) is 0 Å². The fourth-order valence-electron chi connectivity index (χ4n) is 1.58. The third-order valence-corrected chi connectivity index (χ3v) is 2.81. The van der Waals surface area contributed by atoms with E-state index in [-0.39, 0.29) is 17.7 Å². The lowest BCUT2D eigenvalue weighted by atomic mass is 10.1. The number of nitrogens with zero attached hydrogens (tertiary/aromatic N) is 1. The Morgan fingerprint density at radius 2 is 1.94 bits per heavy atom. The van der Waals surface area contributed by atoms with Gasteiger partial charge < -0.3 is 10.0 Å². The van der Waals surface area contributed by atoms with E-state index in [9.17, 15) is 9.90 Å². The molecular formula is C13H19NO2. The van der Waals surface area contributed by atoms with Crippen LogP contribution in [0.3, 0.4) is 0 Å². The van der Waals surface area contributed by atoms with Crippen molar-refractivity contribution in [2.45, 2.75) is 32.7 Å². The van der Waals surface area contributed by atoms with Crippen molar-refractivity contribution in [1.29, 1.82) is 0 Å². The van der Waals surface area contributed by atoms with Crippen LogP contribution < -0.4 is 0 Å². The average molecular weight is 221 g/mol. The number of hydrogen-bond acceptors (Lipinski definition) is 2. The van der Waals surface area contributed by atoms with E-state index < -0.39 is 0 Å². The summed E-state index contributed by atoms with van der Waals surface area (Å²) in [5, 5.41) is 9.19. The van der Waals surface area contributed by atoms with Gasteiger partial charge in [-0.25, -0.2) is 0 Å². The quantitative estimate of drug-likeness (QED) is 0.849.